The van der Waals surface area contributed by atoms with Crippen molar-refractivity contribution in [1.82, 2.24) is 5.32 Å². The van der Waals surface area contributed by atoms with Crippen molar-refractivity contribution in [2.24, 2.45) is 0 Å². The lowest BCUT2D eigenvalue weighted by Crippen LogP contribution is -2.45. The van der Waals surface area contributed by atoms with E-state index in [1.807, 2.05) is 6.08 Å². The fraction of sp³-hybridized carbons (Fsp3) is 0.940. The van der Waals surface area contributed by atoms with Gasteiger partial charge in [0.05, 0.1) is 25.4 Å². The number of carbonyl (C=O) groups is 2. The normalized spacial score (nSPS) is 12.5. The molecule has 2 unspecified atom stereocenters. The number of unbranched alkanes of at least 4 members (excludes halogenated alkanes) is 52. The molecule has 0 rings (SSSR count). The molecule has 0 heterocycles. The molecule has 0 bridgehead atoms. The molecule has 0 aromatic rings. The first-order valence-corrected chi connectivity index (χ1v) is 33.5. The van der Waals surface area contributed by atoms with Crippen LogP contribution in [0.25, 0.3) is 0 Å². The van der Waals surface area contributed by atoms with Gasteiger partial charge in [0.15, 0.2) is 0 Å². The molecular formula is C67H131NO5. The van der Waals surface area contributed by atoms with E-state index < -0.39 is 12.1 Å². The lowest BCUT2D eigenvalue weighted by Gasteiger charge is -2.20. The molecule has 0 aliphatic rings. The zero-order valence-electron chi connectivity index (χ0n) is 49.6. The van der Waals surface area contributed by atoms with Gasteiger partial charge >= 0.3 is 5.97 Å². The largest absolute Gasteiger partial charge is 0.466 e. The molecule has 0 saturated heterocycles. The number of aliphatic hydroxyl groups is 2. The molecule has 3 N–H and O–H groups in total. The Kier molecular flexibility index (Phi) is 61.9. The van der Waals surface area contributed by atoms with Gasteiger partial charge in [0.1, 0.15) is 0 Å². The van der Waals surface area contributed by atoms with E-state index in [-0.39, 0.29) is 18.5 Å². The SMILES string of the molecule is CCCCCCCCCCCCCC/C=C/C(O)C(CO)NC(=O)CCCCCCCCCCCCCCCCCCCCCCCCCCOC(=O)CCCCCCCCCCCCCCCCCCCC. The summed E-state index contributed by atoms with van der Waals surface area (Å²) in [5.41, 5.74) is 0. The van der Waals surface area contributed by atoms with Gasteiger partial charge in [0.2, 0.25) is 5.91 Å². The van der Waals surface area contributed by atoms with Crippen LogP contribution in [0.4, 0.5) is 0 Å². The average Bonchev–Trinajstić information content (AvgIpc) is 3.39. The molecule has 0 aromatic carbocycles. The van der Waals surface area contributed by atoms with Gasteiger partial charge < -0.3 is 20.3 Å². The molecular weight excluding hydrogens is 899 g/mol. The monoisotopic (exact) mass is 1030 g/mol. The molecule has 1 amide bonds. The van der Waals surface area contributed by atoms with Crippen LogP contribution < -0.4 is 5.32 Å². The van der Waals surface area contributed by atoms with Gasteiger partial charge in [-0.3, -0.25) is 9.59 Å². The first kappa shape index (κ1) is 71.6. The van der Waals surface area contributed by atoms with Crippen LogP contribution in [0.15, 0.2) is 12.2 Å². The van der Waals surface area contributed by atoms with Crippen molar-refractivity contribution >= 4 is 11.9 Å². The molecule has 0 saturated carbocycles. The van der Waals surface area contributed by atoms with E-state index in [0.717, 1.165) is 38.5 Å². The summed E-state index contributed by atoms with van der Waals surface area (Å²) in [4.78, 5) is 24.6. The number of nitrogens with one attached hydrogen (secondary N) is 1. The van der Waals surface area contributed by atoms with Crippen LogP contribution in [0.1, 0.15) is 380 Å². The third kappa shape index (κ3) is 59.7. The van der Waals surface area contributed by atoms with E-state index >= 15 is 0 Å². The number of carbonyl (C=O) groups excluding carboxylic acids is 2. The van der Waals surface area contributed by atoms with Crippen molar-refractivity contribution < 1.29 is 24.5 Å². The van der Waals surface area contributed by atoms with Crippen molar-refractivity contribution in [1.29, 1.82) is 0 Å². The van der Waals surface area contributed by atoms with Crippen molar-refractivity contribution in [2.45, 2.75) is 392 Å². The van der Waals surface area contributed by atoms with E-state index in [4.69, 9.17) is 4.74 Å². The van der Waals surface area contributed by atoms with Gasteiger partial charge in [0, 0.05) is 12.8 Å². The van der Waals surface area contributed by atoms with E-state index in [0.29, 0.717) is 19.4 Å². The van der Waals surface area contributed by atoms with Crippen LogP contribution in [0.3, 0.4) is 0 Å². The Bertz CT molecular complexity index is 1100. The molecule has 0 aromatic heterocycles. The van der Waals surface area contributed by atoms with Gasteiger partial charge in [-0.1, -0.05) is 347 Å². The highest BCUT2D eigenvalue weighted by molar-refractivity contribution is 5.76. The van der Waals surface area contributed by atoms with Gasteiger partial charge in [-0.25, -0.2) is 0 Å². The van der Waals surface area contributed by atoms with Crippen molar-refractivity contribution in [3.8, 4) is 0 Å². The molecule has 2 atom stereocenters. The van der Waals surface area contributed by atoms with Crippen LogP contribution in [-0.4, -0.2) is 47.4 Å². The third-order valence-electron chi connectivity index (χ3n) is 15.8. The number of hydrogen-bond donors (Lipinski definition) is 3. The maximum absolute atomic E-state index is 12.5. The Labute approximate surface area is 457 Å². The first-order chi connectivity index (χ1) is 36.0. The van der Waals surface area contributed by atoms with Gasteiger partial charge in [0.25, 0.3) is 0 Å². The Morgan fingerprint density at radius 1 is 0.370 bits per heavy atom. The fourth-order valence-electron chi connectivity index (χ4n) is 10.7. The second-order valence-electron chi connectivity index (χ2n) is 23.2. The van der Waals surface area contributed by atoms with Gasteiger partial charge in [-0.15, -0.1) is 0 Å². The Morgan fingerprint density at radius 2 is 0.630 bits per heavy atom. The zero-order chi connectivity index (χ0) is 52.9. The minimum absolute atomic E-state index is 0.0202. The Balaban J connectivity index is 3.35. The Hall–Kier alpha value is -1.40. The van der Waals surface area contributed by atoms with Crippen molar-refractivity contribution in [3.63, 3.8) is 0 Å². The molecule has 6 nitrogen and oxygen atoms in total. The number of ether oxygens (including phenoxy) is 1. The minimum Gasteiger partial charge on any atom is -0.466 e. The average molecular weight is 1030 g/mol. The zero-order valence-corrected chi connectivity index (χ0v) is 49.6. The minimum atomic E-state index is -0.842. The molecule has 6 heteroatoms. The van der Waals surface area contributed by atoms with Gasteiger partial charge in [-0.05, 0) is 32.1 Å². The molecule has 0 aliphatic carbocycles. The smallest absolute Gasteiger partial charge is 0.305 e. The van der Waals surface area contributed by atoms with Crippen LogP contribution >= 0.6 is 0 Å². The standard InChI is InChI=1S/C67H131NO5/c1-3-5-7-9-11-13-15-17-19-20-30-33-37-41-45-49-53-57-61-67(72)73-62-58-54-50-46-42-38-34-31-28-26-24-22-21-23-25-27-29-32-36-40-44-48-52-56-60-66(71)68-64(63-69)65(70)59-55-51-47-43-39-35-18-16-14-12-10-8-6-4-2/h55,59,64-65,69-70H,3-54,56-58,60-63H2,1-2H3,(H,68,71)/b59-55+. The number of aliphatic hydroxyl groups excluding tert-OH is 2. The van der Waals surface area contributed by atoms with E-state index in [9.17, 15) is 19.8 Å². The Morgan fingerprint density at radius 3 is 0.932 bits per heavy atom. The summed E-state index contributed by atoms with van der Waals surface area (Å²) in [5.74, 6) is -0.0443. The summed E-state index contributed by atoms with van der Waals surface area (Å²) in [5, 5.41) is 23.1. The quantitative estimate of drug-likeness (QED) is 0.0320. The number of allylic oxidation sites excluding steroid dienone is 1. The summed E-state index contributed by atoms with van der Waals surface area (Å²) >= 11 is 0. The summed E-state index contributed by atoms with van der Waals surface area (Å²) < 4.78 is 5.51. The highest BCUT2D eigenvalue weighted by Gasteiger charge is 2.18. The highest BCUT2D eigenvalue weighted by Crippen LogP contribution is 2.19. The lowest BCUT2D eigenvalue weighted by molar-refractivity contribution is -0.143. The van der Waals surface area contributed by atoms with E-state index in [2.05, 4.69) is 19.2 Å². The van der Waals surface area contributed by atoms with Crippen molar-refractivity contribution in [3.05, 3.63) is 12.2 Å². The van der Waals surface area contributed by atoms with Crippen molar-refractivity contribution in [2.75, 3.05) is 13.2 Å². The number of rotatable bonds is 63. The van der Waals surface area contributed by atoms with Gasteiger partial charge in [-0.2, -0.15) is 0 Å². The molecule has 0 fully saturated rings. The van der Waals surface area contributed by atoms with E-state index in [1.54, 1.807) is 6.08 Å². The highest BCUT2D eigenvalue weighted by atomic mass is 16.5. The number of hydrogen-bond acceptors (Lipinski definition) is 5. The maximum Gasteiger partial charge on any atom is 0.305 e. The predicted octanol–water partition coefficient (Wildman–Crippen LogP) is 21.2. The number of esters is 1. The first-order valence-electron chi connectivity index (χ1n) is 33.5. The summed E-state index contributed by atoms with van der Waals surface area (Å²) in [6.07, 6.45) is 77.0. The molecule has 73 heavy (non-hydrogen) atoms. The second kappa shape index (κ2) is 63.1. The third-order valence-corrected chi connectivity index (χ3v) is 15.8. The topological polar surface area (TPSA) is 95.9 Å². The van der Waals surface area contributed by atoms with Crippen LogP contribution in [0.2, 0.25) is 0 Å². The van der Waals surface area contributed by atoms with Crippen LogP contribution in [0, 0.1) is 0 Å². The summed E-state index contributed by atoms with van der Waals surface area (Å²) in [6.45, 7) is 4.94. The van der Waals surface area contributed by atoms with Crippen LogP contribution in [-0.2, 0) is 14.3 Å². The second-order valence-corrected chi connectivity index (χ2v) is 23.2. The number of amides is 1. The predicted molar refractivity (Wildman–Crippen MR) is 320 cm³/mol. The van der Waals surface area contributed by atoms with Crippen LogP contribution in [0.5, 0.6) is 0 Å². The molecule has 0 radical (unpaired) electrons. The maximum atomic E-state index is 12.5. The van der Waals surface area contributed by atoms with E-state index in [1.165, 1.54) is 315 Å². The summed E-state index contributed by atoms with van der Waals surface area (Å²) in [7, 11) is 0. The molecule has 0 spiro atoms. The fourth-order valence-corrected chi connectivity index (χ4v) is 10.7. The molecule has 434 valence electrons. The lowest BCUT2D eigenvalue weighted by atomic mass is 10.0. The molecule has 0 aliphatic heterocycles. The summed E-state index contributed by atoms with van der Waals surface area (Å²) in [6, 6.07) is -0.626.